The number of nitrogens with one attached hydrogen (secondary N) is 1. The van der Waals surface area contributed by atoms with Crippen LogP contribution in [-0.4, -0.2) is 36.4 Å². The van der Waals surface area contributed by atoms with E-state index in [-0.39, 0.29) is 25.0 Å². The topological polar surface area (TPSA) is 58.6 Å². The zero-order valence-electron chi connectivity index (χ0n) is 15.5. The molecule has 0 saturated carbocycles. The summed E-state index contributed by atoms with van der Waals surface area (Å²) in [5.41, 5.74) is 0.757. The number of likely N-dealkylation sites (N-methyl/N-ethyl adjacent to an activating group) is 1. The average molecular weight is 444 g/mol. The number of ether oxygens (including phenoxy) is 1. The van der Waals surface area contributed by atoms with Crippen LogP contribution in [0.4, 0.5) is 0 Å². The first-order chi connectivity index (χ1) is 13.3. The van der Waals surface area contributed by atoms with Crippen LogP contribution in [0.5, 0.6) is 5.75 Å². The van der Waals surface area contributed by atoms with Crippen LogP contribution < -0.4 is 10.1 Å². The average Bonchev–Trinajstić information content (AvgIpc) is 2.68. The van der Waals surface area contributed by atoms with Gasteiger partial charge in [0.05, 0.1) is 10.0 Å². The molecular weight excluding hydrogens is 423 g/mol. The SMILES string of the molecule is CC[C@@H](C(=O)NC)N(Cc1ccc(Cl)c(Cl)c1)C(=O)COc1cccc(Cl)c1. The van der Waals surface area contributed by atoms with Gasteiger partial charge in [-0.3, -0.25) is 9.59 Å². The van der Waals surface area contributed by atoms with Crippen molar-refractivity contribution in [3.63, 3.8) is 0 Å². The first kappa shape index (κ1) is 22.3. The van der Waals surface area contributed by atoms with Crippen LogP contribution in [0.3, 0.4) is 0 Å². The Bertz CT molecular complexity index is 845. The van der Waals surface area contributed by atoms with E-state index >= 15 is 0 Å². The van der Waals surface area contributed by atoms with E-state index in [9.17, 15) is 9.59 Å². The second-order valence-corrected chi connectivity index (χ2v) is 7.31. The number of carbonyl (C=O) groups excluding carboxylic acids is 2. The normalized spacial score (nSPS) is 11.6. The van der Waals surface area contributed by atoms with E-state index in [0.717, 1.165) is 5.56 Å². The van der Waals surface area contributed by atoms with Crippen molar-refractivity contribution in [2.75, 3.05) is 13.7 Å². The summed E-state index contributed by atoms with van der Waals surface area (Å²) >= 11 is 18.0. The molecule has 0 heterocycles. The molecule has 28 heavy (non-hydrogen) atoms. The highest BCUT2D eigenvalue weighted by Gasteiger charge is 2.28. The fourth-order valence-electron chi connectivity index (χ4n) is 2.71. The molecule has 0 aliphatic rings. The third-order valence-corrected chi connectivity index (χ3v) is 5.10. The molecule has 0 saturated heterocycles. The lowest BCUT2D eigenvalue weighted by Crippen LogP contribution is -2.49. The second-order valence-electron chi connectivity index (χ2n) is 6.05. The van der Waals surface area contributed by atoms with Crippen molar-refractivity contribution in [3.05, 3.63) is 63.1 Å². The van der Waals surface area contributed by atoms with Crippen molar-refractivity contribution >= 4 is 46.6 Å². The predicted octanol–water partition coefficient (Wildman–Crippen LogP) is 4.58. The molecule has 0 aromatic heterocycles. The van der Waals surface area contributed by atoms with Gasteiger partial charge in [0, 0.05) is 18.6 Å². The fourth-order valence-corrected chi connectivity index (χ4v) is 3.21. The number of benzene rings is 2. The Morgan fingerprint density at radius 3 is 2.46 bits per heavy atom. The largest absolute Gasteiger partial charge is 0.484 e. The van der Waals surface area contributed by atoms with Crippen LogP contribution >= 0.6 is 34.8 Å². The van der Waals surface area contributed by atoms with E-state index in [4.69, 9.17) is 39.5 Å². The third-order valence-electron chi connectivity index (χ3n) is 4.13. The Hall–Kier alpha value is -1.95. The van der Waals surface area contributed by atoms with E-state index in [1.165, 1.54) is 11.9 Å². The van der Waals surface area contributed by atoms with E-state index < -0.39 is 6.04 Å². The Labute approximate surface area is 179 Å². The number of nitrogens with zero attached hydrogens (tertiary/aromatic N) is 1. The van der Waals surface area contributed by atoms with Crippen molar-refractivity contribution in [1.29, 1.82) is 0 Å². The fraction of sp³-hybridized carbons (Fsp3) is 0.300. The first-order valence-electron chi connectivity index (χ1n) is 8.69. The van der Waals surface area contributed by atoms with E-state index in [0.29, 0.717) is 27.2 Å². The number of carbonyl (C=O) groups is 2. The van der Waals surface area contributed by atoms with E-state index in [1.807, 2.05) is 6.92 Å². The van der Waals surface area contributed by atoms with Gasteiger partial charge in [-0.25, -0.2) is 0 Å². The quantitative estimate of drug-likeness (QED) is 0.650. The summed E-state index contributed by atoms with van der Waals surface area (Å²) in [5.74, 6) is -0.108. The molecule has 0 radical (unpaired) electrons. The molecule has 0 aliphatic heterocycles. The molecule has 0 fully saturated rings. The van der Waals surface area contributed by atoms with Crippen molar-refractivity contribution in [3.8, 4) is 5.75 Å². The minimum atomic E-state index is -0.644. The maximum Gasteiger partial charge on any atom is 0.261 e. The second kappa shape index (κ2) is 10.6. The van der Waals surface area contributed by atoms with Gasteiger partial charge >= 0.3 is 0 Å². The third kappa shape index (κ3) is 6.03. The maximum atomic E-state index is 12.9. The molecule has 5 nitrogen and oxygen atoms in total. The van der Waals surface area contributed by atoms with Crippen molar-refractivity contribution in [2.24, 2.45) is 0 Å². The molecule has 150 valence electrons. The molecule has 2 rings (SSSR count). The molecule has 2 amide bonds. The molecule has 0 bridgehead atoms. The molecule has 1 atom stereocenters. The van der Waals surface area contributed by atoms with Crippen LogP contribution in [0.25, 0.3) is 0 Å². The van der Waals surface area contributed by atoms with E-state index in [2.05, 4.69) is 5.32 Å². The highest BCUT2D eigenvalue weighted by molar-refractivity contribution is 6.42. The molecule has 1 N–H and O–H groups in total. The summed E-state index contributed by atoms with van der Waals surface area (Å²) in [4.78, 5) is 26.7. The van der Waals surface area contributed by atoms with Gasteiger partial charge in [-0.2, -0.15) is 0 Å². The number of hydrogen-bond acceptors (Lipinski definition) is 3. The molecule has 2 aromatic carbocycles. The molecule has 0 aliphatic carbocycles. The number of amides is 2. The summed E-state index contributed by atoms with van der Waals surface area (Å²) in [6.45, 7) is 1.81. The lowest BCUT2D eigenvalue weighted by Gasteiger charge is -2.30. The summed E-state index contributed by atoms with van der Waals surface area (Å²) in [6.07, 6.45) is 0.448. The van der Waals surface area contributed by atoms with Gasteiger partial charge in [-0.1, -0.05) is 53.9 Å². The maximum absolute atomic E-state index is 12.9. The first-order valence-corrected chi connectivity index (χ1v) is 9.82. The Kier molecular flexibility index (Phi) is 8.42. The van der Waals surface area contributed by atoms with Gasteiger partial charge in [0.25, 0.3) is 5.91 Å². The van der Waals surface area contributed by atoms with Gasteiger partial charge in [0.1, 0.15) is 11.8 Å². The molecular formula is C20H21Cl3N2O3. The Morgan fingerprint density at radius 1 is 1.11 bits per heavy atom. The van der Waals surface area contributed by atoms with Crippen LogP contribution in [0.15, 0.2) is 42.5 Å². The number of hydrogen-bond donors (Lipinski definition) is 1. The molecule has 8 heteroatoms. The van der Waals surface area contributed by atoms with Crippen LogP contribution in [-0.2, 0) is 16.1 Å². The Balaban J connectivity index is 2.21. The van der Waals surface area contributed by atoms with Crippen molar-refractivity contribution in [2.45, 2.75) is 25.9 Å². The van der Waals surface area contributed by atoms with Crippen molar-refractivity contribution in [1.82, 2.24) is 10.2 Å². The van der Waals surface area contributed by atoms with Gasteiger partial charge in [0.15, 0.2) is 6.61 Å². The standard InChI is InChI=1S/C20H21Cl3N2O3/c1-3-18(20(27)24-2)25(11-13-7-8-16(22)17(23)9-13)19(26)12-28-15-6-4-5-14(21)10-15/h4-10,18H,3,11-12H2,1-2H3,(H,24,27)/t18-/m0/s1. The predicted molar refractivity (Wildman–Crippen MR) is 112 cm³/mol. The minimum absolute atomic E-state index is 0.195. The number of halogens is 3. The molecule has 2 aromatic rings. The molecule has 0 spiro atoms. The zero-order chi connectivity index (χ0) is 20.7. The number of rotatable bonds is 8. The van der Waals surface area contributed by atoms with Gasteiger partial charge in [-0.05, 0) is 42.3 Å². The van der Waals surface area contributed by atoms with Crippen LogP contribution in [0.1, 0.15) is 18.9 Å². The van der Waals surface area contributed by atoms with Crippen LogP contribution in [0.2, 0.25) is 15.1 Å². The summed E-state index contributed by atoms with van der Waals surface area (Å²) < 4.78 is 5.56. The van der Waals surface area contributed by atoms with Gasteiger partial charge < -0.3 is 15.0 Å². The lowest BCUT2D eigenvalue weighted by molar-refractivity contribution is -0.142. The highest BCUT2D eigenvalue weighted by atomic mass is 35.5. The highest BCUT2D eigenvalue weighted by Crippen LogP contribution is 2.24. The smallest absolute Gasteiger partial charge is 0.261 e. The molecule has 0 unspecified atom stereocenters. The summed E-state index contributed by atoms with van der Waals surface area (Å²) in [5, 5.41) is 3.92. The minimum Gasteiger partial charge on any atom is -0.484 e. The summed E-state index contributed by atoms with van der Waals surface area (Å²) in [6, 6.07) is 11.2. The zero-order valence-corrected chi connectivity index (χ0v) is 17.8. The van der Waals surface area contributed by atoms with Gasteiger partial charge in [-0.15, -0.1) is 0 Å². The summed E-state index contributed by atoms with van der Waals surface area (Å²) in [7, 11) is 1.54. The van der Waals surface area contributed by atoms with Gasteiger partial charge in [0.2, 0.25) is 5.91 Å². The monoisotopic (exact) mass is 442 g/mol. The lowest BCUT2D eigenvalue weighted by atomic mass is 10.1. The Morgan fingerprint density at radius 2 is 1.86 bits per heavy atom. The van der Waals surface area contributed by atoms with E-state index in [1.54, 1.807) is 42.5 Å². The van der Waals surface area contributed by atoms with Crippen molar-refractivity contribution < 1.29 is 14.3 Å². The van der Waals surface area contributed by atoms with Crippen LogP contribution in [0, 0.1) is 0 Å².